The normalized spacial score (nSPS) is 17.5. The number of amides is 4. The number of hydrazine groups is 1. The number of hydrogen-bond acceptors (Lipinski definition) is 6. The van der Waals surface area contributed by atoms with Crippen molar-refractivity contribution in [2.45, 2.75) is 38.4 Å². The molecule has 10 heteroatoms. The Balaban J connectivity index is 1.67. The van der Waals surface area contributed by atoms with Crippen molar-refractivity contribution in [2.24, 2.45) is 10.9 Å². The third kappa shape index (κ3) is 5.30. The van der Waals surface area contributed by atoms with Crippen LogP contribution in [0.4, 0.5) is 4.79 Å². The third-order valence-electron chi connectivity index (χ3n) is 7.82. The van der Waals surface area contributed by atoms with Gasteiger partial charge in [0.1, 0.15) is 5.54 Å². The van der Waals surface area contributed by atoms with Crippen LogP contribution in [0.2, 0.25) is 0 Å². The lowest BCUT2D eigenvalue weighted by atomic mass is 9.89. The number of carbonyl (C=O) groups excluding carboxylic acids is 3. The summed E-state index contributed by atoms with van der Waals surface area (Å²) in [6.07, 6.45) is 0.924. The minimum atomic E-state index is -1.54. The molecular formula is C33H31N5O5. The van der Waals surface area contributed by atoms with Gasteiger partial charge in [0.2, 0.25) is 5.91 Å². The van der Waals surface area contributed by atoms with Crippen molar-refractivity contribution in [2.75, 3.05) is 0 Å². The standard InChI is InChI=1S/C33H31N5O5/c1-22(39)37(29(19-30(40)41)28-14-8-12-25-11-6-7-13-27(25)28)38-31(42)33(2,26-17-15-23(16-18-26)20-35-34)36(32(38)43)21-24-9-4-3-5-10-24/h3-18,20,29H,19,21,34H2,1-2H3,(H,40,41)/t29-,33-/m1/s1. The van der Waals surface area contributed by atoms with Crippen LogP contribution in [0, 0.1) is 0 Å². The highest BCUT2D eigenvalue weighted by Crippen LogP contribution is 2.42. The molecule has 1 aliphatic rings. The summed E-state index contributed by atoms with van der Waals surface area (Å²) in [7, 11) is 0. The molecule has 0 spiro atoms. The Hall–Kier alpha value is -5.51. The summed E-state index contributed by atoms with van der Waals surface area (Å²) in [4.78, 5) is 56.0. The van der Waals surface area contributed by atoms with Crippen LogP contribution in [0.25, 0.3) is 10.8 Å². The van der Waals surface area contributed by atoms with E-state index in [1.165, 1.54) is 18.0 Å². The molecule has 4 amide bonds. The summed E-state index contributed by atoms with van der Waals surface area (Å²) in [6, 6.07) is 26.9. The molecule has 218 valence electrons. The number of hydrazone groups is 1. The van der Waals surface area contributed by atoms with Gasteiger partial charge in [-0.2, -0.15) is 10.1 Å². The Bertz CT molecular complexity index is 1720. The second kappa shape index (κ2) is 11.8. The maximum atomic E-state index is 14.6. The Labute approximate surface area is 248 Å². The Morgan fingerprint density at radius 2 is 1.60 bits per heavy atom. The number of carboxylic acids is 1. The van der Waals surface area contributed by atoms with E-state index in [9.17, 15) is 24.3 Å². The summed E-state index contributed by atoms with van der Waals surface area (Å²) < 4.78 is 0. The van der Waals surface area contributed by atoms with Crippen LogP contribution >= 0.6 is 0 Å². The maximum absolute atomic E-state index is 14.6. The van der Waals surface area contributed by atoms with Crippen LogP contribution in [0.15, 0.2) is 102 Å². The first kappa shape index (κ1) is 29.0. The molecule has 0 unspecified atom stereocenters. The fourth-order valence-electron chi connectivity index (χ4n) is 5.69. The van der Waals surface area contributed by atoms with Gasteiger partial charge in [0.25, 0.3) is 5.91 Å². The molecule has 4 aromatic carbocycles. The predicted molar refractivity (Wildman–Crippen MR) is 161 cm³/mol. The zero-order valence-corrected chi connectivity index (χ0v) is 23.8. The van der Waals surface area contributed by atoms with Crippen LogP contribution in [0.3, 0.4) is 0 Å². The van der Waals surface area contributed by atoms with Crippen molar-refractivity contribution in [3.8, 4) is 0 Å². The predicted octanol–water partition coefficient (Wildman–Crippen LogP) is 4.79. The largest absolute Gasteiger partial charge is 0.481 e. The number of benzene rings is 4. The molecule has 1 heterocycles. The number of nitrogens with two attached hydrogens (primary N) is 1. The molecule has 0 aromatic heterocycles. The fourth-order valence-corrected chi connectivity index (χ4v) is 5.69. The summed E-state index contributed by atoms with van der Waals surface area (Å²) in [5.74, 6) is 2.77. The maximum Gasteiger partial charge on any atom is 0.347 e. The number of urea groups is 1. The van der Waals surface area contributed by atoms with Gasteiger partial charge in [-0.05, 0) is 39.9 Å². The number of carbonyl (C=O) groups is 4. The lowest BCUT2D eigenvalue weighted by molar-refractivity contribution is -0.162. The average Bonchev–Trinajstić information content (AvgIpc) is 3.18. The summed E-state index contributed by atoms with van der Waals surface area (Å²) >= 11 is 0. The number of rotatable bonds is 9. The first-order valence-electron chi connectivity index (χ1n) is 13.7. The van der Waals surface area contributed by atoms with E-state index in [0.29, 0.717) is 22.1 Å². The van der Waals surface area contributed by atoms with Crippen molar-refractivity contribution in [3.63, 3.8) is 0 Å². The Kier molecular flexibility index (Phi) is 7.94. The molecule has 4 aromatic rings. The van der Waals surface area contributed by atoms with Crippen molar-refractivity contribution in [1.82, 2.24) is 14.9 Å². The highest BCUT2D eigenvalue weighted by molar-refractivity contribution is 6.08. The van der Waals surface area contributed by atoms with Gasteiger partial charge in [0.15, 0.2) is 0 Å². The second-order valence-electron chi connectivity index (χ2n) is 10.5. The van der Waals surface area contributed by atoms with Gasteiger partial charge >= 0.3 is 12.0 Å². The highest BCUT2D eigenvalue weighted by atomic mass is 16.4. The molecule has 1 saturated heterocycles. The van der Waals surface area contributed by atoms with Gasteiger partial charge in [-0.25, -0.2) is 9.80 Å². The molecule has 3 N–H and O–H groups in total. The zero-order chi connectivity index (χ0) is 30.7. The molecule has 43 heavy (non-hydrogen) atoms. The highest BCUT2D eigenvalue weighted by Gasteiger charge is 2.58. The minimum Gasteiger partial charge on any atom is -0.481 e. The minimum absolute atomic E-state index is 0.0635. The van der Waals surface area contributed by atoms with E-state index < -0.39 is 41.8 Å². The van der Waals surface area contributed by atoms with E-state index in [4.69, 9.17) is 5.84 Å². The van der Waals surface area contributed by atoms with Crippen molar-refractivity contribution in [1.29, 1.82) is 0 Å². The average molecular weight is 578 g/mol. The fraction of sp³-hybridized carbons (Fsp3) is 0.182. The van der Waals surface area contributed by atoms with Crippen LogP contribution in [0.1, 0.15) is 48.6 Å². The van der Waals surface area contributed by atoms with Crippen LogP contribution in [-0.2, 0) is 26.5 Å². The first-order chi connectivity index (χ1) is 20.7. The third-order valence-corrected chi connectivity index (χ3v) is 7.82. The number of fused-ring (bicyclic) bond motifs is 1. The van der Waals surface area contributed by atoms with Gasteiger partial charge in [-0.3, -0.25) is 19.3 Å². The number of nitrogens with zero attached hydrogens (tertiary/aromatic N) is 4. The van der Waals surface area contributed by atoms with Crippen LogP contribution in [-0.4, -0.2) is 50.1 Å². The summed E-state index contributed by atoms with van der Waals surface area (Å²) in [6.45, 7) is 2.91. The van der Waals surface area contributed by atoms with Crippen LogP contribution < -0.4 is 5.84 Å². The lowest BCUT2D eigenvalue weighted by Gasteiger charge is -2.36. The molecule has 1 aliphatic heterocycles. The van der Waals surface area contributed by atoms with Gasteiger partial charge in [0, 0.05) is 13.5 Å². The molecule has 5 rings (SSSR count). The van der Waals surface area contributed by atoms with E-state index in [2.05, 4.69) is 5.10 Å². The van der Waals surface area contributed by atoms with E-state index in [-0.39, 0.29) is 6.54 Å². The van der Waals surface area contributed by atoms with Gasteiger partial charge < -0.3 is 10.9 Å². The number of imide groups is 1. The molecule has 1 fully saturated rings. The lowest BCUT2D eigenvalue weighted by Crippen LogP contribution is -2.52. The van der Waals surface area contributed by atoms with Crippen molar-refractivity contribution < 1.29 is 24.3 Å². The van der Waals surface area contributed by atoms with Crippen molar-refractivity contribution >= 4 is 40.8 Å². The SMILES string of the molecule is CC(=O)N([C@H](CC(=O)O)c1cccc2ccccc12)N1C(=O)N(Cc2ccccc2)[C@](C)(c2ccc(C=NN)cc2)C1=O. The van der Waals surface area contributed by atoms with Gasteiger partial charge in [-0.1, -0.05) is 97.1 Å². The summed E-state index contributed by atoms with van der Waals surface area (Å²) in [5.41, 5.74) is 0.938. The molecule has 2 atom stereocenters. The van der Waals surface area contributed by atoms with Crippen LogP contribution in [0.5, 0.6) is 0 Å². The monoisotopic (exact) mass is 577 g/mol. The van der Waals surface area contributed by atoms with E-state index in [1.54, 1.807) is 43.3 Å². The molecule has 0 aliphatic carbocycles. The number of carboxylic acid groups (broad SMARTS) is 1. The molecule has 0 saturated carbocycles. The van der Waals surface area contributed by atoms with E-state index in [1.807, 2.05) is 60.7 Å². The number of aliphatic carboxylic acids is 1. The second-order valence-corrected chi connectivity index (χ2v) is 10.5. The topological polar surface area (TPSA) is 137 Å². The first-order valence-corrected chi connectivity index (χ1v) is 13.7. The molecular weight excluding hydrogens is 546 g/mol. The zero-order valence-electron chi connectivity index (χ0n) is 23.8. The quantitative estimate of drug-likeness (QED) is 0.127. The Morgan fingerprint density at radius 1 is 0.953 bits per heavy atom. The van der Waals surface area contributed by atoms with E-state index >= 15 is 0 Å². The van der Waals surface area contributed by atoms with Gasteiger partial charge in [-0.15, -0.1) is 0 Å². The van der Waals surface area contributed by atoms with Gasteiger partial charge in [0.05, 0.1) is 18.7 Å². The van der Waals surface area contributed by atoms with E-state index in [0.717, 1.165) is 21.0 Å². The Morgan fingerprint density at radius 3 is 2.26 bits per heavy atom. The summed E-state index contributed by atoms with van der Waals surface area (Å²) in [5, 5.41) is 16.9. The molecule has 0 bridgehead atoms. The van der Waals surface area contributed by atoms with Crippen molar-refractivity contribution in [3.05, 3.63) is 119 Å². The molecule has 10 nitrogen and oxygen atoms in total. The smallest absolute Gasteiger partial charge is 0.347 e. The number of hydrogen-bond donors (Lipinski definition) is 2. The molecule has 0 radical (unpaired) electrons.